The lowest BCUT2D eigenvalue weighted by molar-refractivity contribution is -0.122. The summed E-state index contributed by atoms with van der Waals surface area (Å²) in [7, 11) is 0. The van der Waals surface area contributed by atoms with E-state index in [1.165, 1.54) is 12.3 Å². The number of pyridine rings is 1. The van der Waals surface area contributed by atoms with Gasteiger partial charge in [-0.3, -0.25) is 9.59 Å². The van der Waals surface area contributed by atoms with Gasteiger partial charge in [-0.05, 0) is 26.8 Å². The molecule has 0 aromatic carbocycles. The Kier molecular flexibility index (Phi) is 5.33. The summed E-state index contributed by atoms with van der Waals surface area (Å²) in [6, 6.07) is 1.44. The molecule has 0 aliphatic heterocycles. The van der Waals surface area contributed by atoms with Crippen LogP contribution in [0.25, 0.3) is 0 Å². The lowest BCUT2D eigenvalue weighted by Crippen LogP contribution is -2.42. The van der Waals surface area contributed by atoms with Crippen LogP contribution < -0.4 is 16.4 Å². The van der Waals surface area contributed by atoms with Gasteiger partial charge in [0.25, 0.3) is 5.91 Å². The number of nitrogen functional groups attached to an aromatic ring is 1. The van der Waals surface area contributed by atoms with E-state index >= 15 is 0 Å². The molecule has 0 saturated carbocycles. The molecule has 0 atom stereocenters. The Morgan fingerprint density at radius 2 is 2.05 bits per heavy atom. The molecule has 20 heavy (non-hydrogen) atoms. The van der Waals surface area contributed by atoms with Crippen LogP contribution in [0.15, 0.2) is 12.3 Å². The zero-order valence-electron chi connectivity index (χ0n) is 11.8. The number of carbonyl (C=O) groups excluding carboxylic acids is 2. The van der Waals surface area contributed by atoms with Gasteiger partial charge in [0.1, 0.15) is 5.15 Å². The third-order valence-corrected chi connectivity index (χ3v) is 2.56. The van der Waals surface area contributed by atoms with Gasteiger partial charge in [-0.1, -0.05) is 11.6 Å². The van der Waals surface area contributed by atoms with Crippen molar-refractivity contribution in [3.8, 4) is 0 Å². The predicted molar refractivity (Wildman–Crippen MR) is 78.5 cm³/mol. The molecule has 110 valence electrons. The van der Waals surface area contributed by atoms with Crippen molar-refractivity contribution in [2.24, 2.45) is 0 Å². The number of nitrogens with two attached hydrogens (primary N) is 1. The Morgan fingerprint density at radius 3 is 2.65 bits per heavy atom. The molecule has 0 radical (unpaired) electrons. The molecule has 4 N–H and O–H groups in total. The molecule has 0 spiro atoms. The van der Waals surface area contributed by atoms with Gasteiger partial charge in [-0.2, -0.15) is 0 Å². The van der Waals surface area contributed by atoms with Crippen LogP contribution in [0, 0.1) is 0 Å². The minimum Gasteiger partial charge on any atom is -0.397 e. The molecule has 0 aliphatic carbocycles. The quantitative estimate of drug-likeness (QED) is 0.731. The van der Waals surface area contributed by atoms with Gasteiger partial charge in [-0.25, -0.2) is 4.98 Å². The average molecular weight is 299 g/mol. The molecule has 0 saturated heterocycles. The average Bonchev–Trinajstić information content (AvgIpc) is 2.29. The normalized spacial score (nSPS) is 11.0. The predicted octanol–water partition coefficient (Wildman–Crippen LogP) is 1.35. The second-order valence-corrected chi connectivity index (χ2v) is 5.77. The van der Waals surface area contributed by atoms with E-state index in [0.29, 0.717) is 5.69 Å². The lowest BCUT2D eigenvalue weighted by Gasteiger charge is -2.20. The Labute approximate surface area is 123 Å². The number of hydrogen-bond acceptors (Lipinski definition) is 4. The first-order valence-corrected chi connectivity index (χ1v) is 6.57. The highest BCUT2D eigenvalue weighted by Gasteiger charge is 2.15. The second-order valence-electron chi connectivity index (χ2n) is 5.41. The maximum absolute atomic E-state index is 11.9. The first-order chi connectivity index (χ1) is 9.19. The fourth-order valence-electron chi connectivity index (χ4n) is 1.49. The van der Waals surface area contributed by atoms with E-state index in [0.717, 1.165) is 0 Å². The minimum atomic E-state index is -0.404. The maximum atomic E-state index is 11.9. The second kappa shape index (κ2) is 6.56. The third kappa shape index (κ3) is 5.44. The molecule has 0 fully saturated rings. The van der Waals surface area contributed by atoms with Crippen molar-refractivity contribution in [1.82, 2.24) is 15.6 Å². The first-order valence-electron chi connectivity index (χ1n) is 6.19. The Balaban J connectivity index is 2.48. The molecule has 0 aliphatic rings. The summed E-state index contributed by atoms with van der Waals surface area (Å²) in [4.78, 5) is 27.2. The molecule has 1 rings (SSSR count). The highest BCUT2D eigenvalue weighted by atomic mass is 35.5. The molecular formula is C13H19ClN4O2. The van der Waals surface area contributed by atoms with Crippen molar-refractivity contribution in [2.75, 3.05) is 12.3 Å². The third-order valence-electron chi connectivity index (χ3n) is 2.26. The van der Waals surface area contributed by atoms with Crippen molar-refractivity contribution in [1.29, 1.82) is 0 Å². The fourth-order valence-corrected chi connectivity index (χ4v) is 1.68. The van der Waals surface area contributed by atoms with Crippen LogP contribution in [-0.4, -0.2) is 28.9 Å². The highest BCUT2D eigenvalue weighted by molar-refractivity contribution is 6.32. The number of nitrogens with one attached hydrogen (secondary N) is 2. The van der Waals surface area contributed by atoms with Gasteiger partial charge < -0.3 is 16.4 Å². The molecule has 0 bridgehead atoms. The van der Waals surface area contributed by atoms with Crippen LogP contribution in [0.4, 0.5) is 5.69 Å². The van der Waals surface area contributed by atoms with Crippen LogP contribution in [0.5, 0.6) is 0 Å². The summed E-state index contributed by atoms with van der Waals surface area (Å²) in [5.74, 6) is -0.534. The van der Waals surface area contributed by atoms with Crippen molar-refractivity contribution in [3.63, 3.8) is 0 Å². The Bertz CT molecular complexity index is 512. The number of rotatable bonds is 4. The first kappa shape index (κ1) is 16.2. The van der Waals surface area contributed by atoms with Gasteiger partial charge in [0.05, 0.1) is 17.4 Å². The number of hydrogen-bond donors (Lipinski definition) is 3. The van der Waals surface area contributed by atoms with E-state index in [1.54, 1.807) is 0 Å². The van der Waals surface area contributed by atoms with Crippen LogP contribution in [0.3, 0.4) is 0 Å². The lowest BCUT2D eigenvalue weighted by atomic mass is 10.1. The highest BCUT2D eigenvalue weighted by Crippen LogP contribution is 2.15. The molecule has 1 aromatic heterocycles. The van der Waals surface area contributed by atoms with Crippen LogP contribution in [0.2, 0.25) is 5.15 Å². The number of amides is 2. The minimum absolute atomic E-state index is 0.0795. The zero-order valence-corrected chi connectivity index (χ0v) is 12.5. The summed E-state index contributed by atoms with van der Waals surface area (Å²) in [6.45, 7) is 5.89. The molecule has 1 aromatic rings. The molecular weight excluding hydrogens is 280 g/mol. The van der Waals surface area contributed by atoms with Crippen molar-refractivity contribution in [2.45, 2.75) is 32.7 Å². The smallest absolute Gasteiger partial charge is 0.254 e. The standard InChI is InChI=1S/C13H19ClN4O2/c1-13(2,3)18-10(19)4-5-16-12(20)9-6-8(15)7-17-11(9)14/h6-7H,4-5,15H2,1-3H3,(H,16,20)(H,18,19). The van der Waals surface area contributed by atoms with Gasteiger partial charge in [0.15, 0.2) is 0 Å². The number of halogens is 1. The van der Waals surface area contributed by atoms with Crippen LogP contribution >= 0.6 is 11.6 Å². The Morgan fingerprint density at radius 1 is 1.40 bits per heavy atom. The van der Waals surface area contributed by atoms with Gasteiger partial charge in [0.2, 0.25) is 5.91 Å². The molecule has 2 amide bonds. The fraction of sp³-hybridized carbons (Fsp3) is 0.462. The van der Waals surface area contributed by atoms with E-state index < -0.39 is 5.91 Å². The van der Waals surface area contributed by atoms with Crippen LogP contribution in [-0.2, 0) is 4.79 Å². The molecule has 1 heterocycles. The molecule has 7 heteroatoms. The van der Waals surface area contributed by atoms with Crippen LogP contribution in [0.1, 0.15) is 37.6 Å². The van der Waals surface area contributed by atoms with E-state index in [9.17, 15) is 9.59 Å². The largest absolute Gasteiger partial charge is 0.397 e. The summed E-state index contributed by atoms with van der Waals surface area (Å²) in [5.41, 5.74) is 5.81. The summed E-state index contributed by atoms with van der Waals surface area (Å²) in [6.07, 6.45) is 1.56. The topological polar surface area (TPSA) is 97.1 Å². The summed E-state index contributed by atoms with van der Waals surface area (Å²) >= 11 is 5.81. The van der Waals surface area contributed by atoms with Gasteiger partial charge >= 0.3 is 0 Å². The van der Waals surface area contributed by atoms with Gasteiger partial charge in [-0.15, -0.1) is 0 Å². The van der Waals surface area contributed by atoms with Gasteiger partial charge in [0, 0.05) is 18.5 Å². The SMILES string of the molecule is CC(C)(C)NC(=O)CCNC(=O)c1cc(N)cnc1Cl. The van der Waals surface area contributed by atoms with Crippen molar-refractivity contribution in [3.05, 3.63) is 23.0 Å². The molecule has 0 unspecified atom stereocenters. The number of aromatic nitrogens is 1. The van der Waals surface area contributed by atoms with E-state index in [-0.39, 0.29) is 35.1 Å². The Hall–Kier alpha value is -1.82. The summed E-state index contributed by atoms with van der Waals surface area (Å²) < 4.78 is 0. The van der Waals surface area contributed by atoms with Crippen molar-refractivity contribution < 1.29 is 9.59 Å². The number of nitrogens with zero attached hydrogens (tertiary/aromatic N) is 1. The van der Waals surface area contributed by atoms with Crippen molar-refractivity contribution >= 4 is 29.1 Å². The maximum Gasteiger partial charge on any atom is 0.254 e. The monoisotopic (exact) mass is 298 g/mol. The number of anilines is 1. The molecule has 6 nitrogen and oxygen atoms in total. The van der Waals surface area contributed by atoms with E-state index in [1.807, 2.05) is 20.8 Å². The summed E-state index contributed by atoms with van der Waals surface area (Å²) in [5, 5.41) is 5.49. The van der Waals surface area contributed by atoms with E-state index in [2.05, 4.69) is 15.6 Å². The number of carbonyl (C=O) groups is 2. The van der Waals surface area contributed by atoms with E-state index in [4.69, 9.17) is 17.3 Å². The zero-order chi connectivity index (χ0) is 15.3.